The lowest BCUT2D eigenvalue weighted by atomic mass is 9.83. The van der Waals surface area contributed by atoms with Gasteiger partial charge in [-0.25, -0.2) is 9.38 Å². The molecule has 0 bridgehead atoms. The Kier molecular flexibility index (Phi) is 5.03. The van der Waals surface area contributed by atoms with E-state index >= 15 is 0 Å². The lowest BCUT2D eigenvalue weighted by Crippen LogP contribution is -2.38. The lowest BCUT2D eigenvalue weighted by Gasteiger charge is -2.30. The Balaban J connectivity index is 1.60. The van der Waals surface area contributed by atoms with Gasteiger partial charge in [0, 0.05) is 5.56 Å². The van der Waals surface area contributed by atoms with Crippen LogP contribution in [0.4, 0.5) is 4.39 Å². The van der Waals surface area contributed by atoms with E-state index in [0.717, 1.165) is 46.6 Å². The van der Waals surface area contributed by atoms with E-state index in [-0.39, 0.29) is 17.4 Å². The van der Waals surface area contributed by atoms with Gasteiger partial charge in [-0.2, -0.15) is 0 Å². The molecule has 1 aliphatic carbocycles. The first-order chi connectivity index (χ1) is 16.6. The highest BCUT2D eigenvalue weighted by molar-refractivity contribution is 7.07. The molecule has 3 aromatic carbocycles. The number of fused-ring (bicyclic) bond motifs is 3. The number of thiazole rings is 1. The summed E-state index contributed by atoms with van der Waals surface area (Å²) in [5.74, 6) is 0.472. The van der Waals surface area contributed by atoms with Crippen LogP contribution in [0, 0.1) is 5.82 Å². The second kappa shape index (κ2) is 8.22. The molecule has 0 unspecified atom stereocenters. The molecule has 6 heteroatoms. The average molecular weight is 469 g/mol. The third kappa shape index (κ3) is 3.42. The van der Waals surface area contributed by atoms with Gasteiger partial charge in [-0.05, 0) is 65.4 Å². The number of methoxy groups -OCH3 is 1. The highest BCUT2D eigenvalue weighted by Crippen LogP contribution is 2.41. The fourth-order valence-electron chi connectivity index (χ4n) is 4.82. The fourth-order valence-corrected chi connectivity index (χ4v) is 5.82. The van der Waals surface area contributed by atoms with Gasteiger partial charge < -0.3 is 4.74 Å². The summed E-state index contributed by atoms with van der Waals surface area (Å²) in [7, 11) is 1.65. The Bertz CT molecular complexity index is 1610. The third-order valence-corrected chi connectivity index (χ3v) is 7.46. The van der Waals surface area contributed by atoms with Crippen molar-refractivity contribution in [3.05, 3.63) is 126 Å². The van der Waals surface area contributed by atoms with Crippen LogP contribution >= 0.6 is 11.3 Å². The molecule has 0 amide bonds. The average Bonchev–Trinajstić information content (AvgIpc) is 3.18. The predicted octanol–water partition coefficient (Wildman–Crippen LogP) is 4.47. The SMILES string of the molecule is COc1ccc([C@H]2C3=C(N=c4s/c(=C/c5ccc(F)cc5)c(=O)n42)c2ccccc2CC3)cc1. The van der Waals surface area contributed by atoms with Crippen LogP contribution in [-0.4, -0.2) is 11.7 Å². The first kappa shape index (κ1) is 20.8. The Morgan fingerprint density at radius 2 is 1.79 bits per heavy atom. The van der Waals surface area contributed by atoms with E-state index in [1.54, 1.807) is 19.2 Å². The van der Waals surface area contributed by atoms with E-state index in [2.05, 4.69) is 18.2 Å². The van der Waals surface area contributed by atoms with Gasteiger partial charge in [-0.1, -0.05) is 59.9 Å². The van der Waals surface area contributed by atoms with Gasteiger partial charge in [0.1, 0.15) is 11.6 Å². The first-order valence-electron chi connectivity index (χ1n) is 11.1. The summed E-state index contributed by atoms with van der Waals surface area (Å²) in [5, 5.41) is 0. The molecule has 1 aliphatic heterocycles. The number of hydrogen-bond acceptors (Lipinski definition) is 4. The van der Waals surface area contributed by atoms with Crippen LogP contribution in [0.3, 0.4) is 0 Å². The van der Waals surface area contributed by atoms with Gasteiger partial charge in [0.2, 0.25) is 0 Å². The molecule has 2 heterocycles. The number of aryl methyl sites for hydroxylation is 1. The molecule has 1 aromatic heterocycles. The van der Waals surface area contributed by atoms with Crippen molar-refractivity contribution >= 4 is 23.1 Å². The summed E-state index contributed by atoms with van der Waals surface area (Å²) in [5.41, 5.74) is 6.27. The minimum Gasteiger partial charge on any atom is -0.497 e. The maximum atomic E-state index is 13.7. The molecule has 0 fully saturated rings. The van der Waals surface area contributed by atoms with E-state index in [9.17, 15) is 9.18 Å². The van der Waals surface area contributed by atoms with Gasteiger partial charge >= 0.3 is 0 Å². The maximum absolute atomic E-state index is 13.7. The van der Waals surface area contributed by atoms with Crippen LogP contribution in [0.1, 0.15) is 34.7 Å². The standard InChI is InChI=1S/C28H21FN2O2S/c1-33-21-13-8-19(9-14-21)26-23-15-10-18-4-2-3-5-22(18)25(23)30-28-31(26)27(32)24(34-28)16-17-6-11-20(29)12-7-17/h2-9,11-14,16,26H,10,15H2,1H3/b24-16+/t26-/m0/s1. The Morgan fingerprint density at radius 3 is 2.56 bits per heavy atom. The molecule has 2 aliphatic rings. The molecule has 4 aromatic rings. The molecule has 4 nitrogen and oxygen atoms in total. The number of rotatable bonds is 3. The molecule has 0 radical (unpaired) electrons. The highest BCUT2D eigenvalue weighted by Gasteiger charge is 2.32. The van der Waals surface area contributed by atoms with Crippen LogP contribution in [0.15, 0.2) is 88.2 Å². The number of hydrogen-bond donors (Lipinski definition) is 0. The zero-order chi connectivity index (χ0) is 23.2. The van der Waals surface area contributed by atoms with Crippen LogP contribution in [0.2, 0.25) is 0 Å². The minimum absolute atomic E-state index is 0.0840. The number of halogens is 1. The van der Waals surface area contributed by atoms with Crippen molar-refractivity contribution in [2.45, 2.75) is 18.9 Å². The zero-order valence-corrected chi connectivity index (χ0v) is 19.3. The first-order valence-corrected chi connectivity index (χ1v) is 12.0. The molecule has 1 atom stereocenters. The van der Waals surface area contributed by atoms with Crippen molar-refractivity contribution < 1.29 is 9.13 Å². The Hall–Kier alpha value is -3.77. The molecule has 0 spiro atoms. The van der Waals surface area contributed by atoms with Crippen molar-refractivity contribution in [1.82, 2.24) is 4.57 Å². The summed E-state index contributed by atoms with van der Waals surface area (Å²) < 4.78 is 21.1. The second-order valence-electron chi connectivity index (χ2n) is 8.44. The normalized spacial score (nSPS) is 17.0. The smallest absolute Gasteiger partial charge is 0.271 e. The van der Waals surface area contributed by atoms with Crippen LogP contribution < -0.4 is 19.6 Å². The largest absolute Gasteiger partial charge is 0.497 e. The zero-order valence-electron chi connectivity index (χ0n) is 18.5. The van der Waals surface area contributed by atoms with Gasteiger partial charge in [-0.3, -0.25) is 9.36 Å². The monoisotopic (exact) mass is 468 g/mol. The minimum atomic E-state index is -0.301. The van der Waals surface area contributed by atoms with Gasteiger partial charge in [-0.15, -0.1) is 0 Å². The van der Waals surface area contributed by atoms with E-state index < -0.39 is 0 Å². The summed E-state index contributed by atoms with van der Waals surface area (Å²) in [6, 6.07) is 22.2. The van der Waals surface area contributed by atoms with Crippen LogP contribution in [-0.2, 0) is 6.42 Å². The second-order valence-corrected chi connectivity index (χ2v) is 9.45. The molecular weight excluding hydrogens is 447 g/mol. The molecule has 168 valence electrons. The lowest BCUT2D eigenvalue weighted by molar-refractivity contribution is 0.414. The van der Waals surface area contributed by atoms with Gasteiger partial charge in [0.05, 0.1) is 23.4 Å². The predicted molar refractivity (Wildman–Crippen MR) is 132 cm³/mol. The van der Waals surface area contributed by atoms with E-state index in [1.807, 2.05) is 41.0 Å². The summed E-state index contributed by atoms with van der Waals surface area (Å²) >= 11 is 1.37. The molecule has 0 saturated heterocycles. The van der Waals surface area contributed by atoms with E-state index in [1.165, 1.54) is 29.0 Å². The molecule has 0 N–H and O–H groups in total. The van der Waals surface area contributed by atoms with Crippen molar-refractivity contribution in [3.63, 3.8) is 0 Å². The quantitative estimate of drug-likeness (QED) is 0.446. The number of aromatic nitrogens is 1. The summed E-state index contributed by atoms with van der Waals surface area (Å²) in [6.45, 7) is 0. The number of nitrogens with zero attached hydrogens (tertiary/aromatic N) is 2. The topological polar surface area (TPSA) is 43.6 Å². The summed E-state index contributed by atoms with van der Waals surface area (Å²) in [6.07, 6.45) is 3.57. The molecule has 34 heavy (non-hydrogen) atoms. The van der Waals surface area contributed by atoms with Crippen molar-refractivity contribution in [2.24, 2.45) is 4.99 Å². The Morgan fingerprint density at radius 1 is 1.03 bits per heavy atom. The third-order valence-electron chi connectivity index (χ3n) is 6.47. The fraction of sp³-hybridized carbons (Fsp3) is 0.143. The van der Waals surface area contributed by atoms with Gasteiger partial charge in [0.25, 0.3) is 5.56 Å². The number of ether oxygens (including phenoxy) is 1. The highest BCUT2D eigenvalue weighted by atomic mass is 32.1. The maximum Gasteiger partial charge on any atom is 0.271 e. The van der Waals surface area contributed by atoms with Crippen LogP contribution in [0.5, 0.6) is 5.75 Å². The van der Waals surface area contributed by atoms with Crippen molar-refractivity contribution in [2.75, 3.05) is 7.11 Å². The van der Waals surface area contributed by atoms with Gasteiger partial charge in [0.15, 0.2) is 4.80 Å². The van der Waals surface area contributed by atoms with E-state index in [0.29, 0.717) is 9.33 Å². The van der Waals surface area contributed by atoms with Crippen molar-refractivity contribution in [1.29, 1.82) is 0 Å². The van der Waals surface area contributed by atoms with Crippen LogP contribution in [0.25, 0.3) is 11.8 Å². The Labute approximate surface area is 199 Å². The van der Waals surface area contributed by atoms with E-state index in [4.69, 9.17) is 9.73 Å². The summed E-state index contributed by atoms with van der Waals surface area (Å²) in [4.78, 5) is 19.4. The molecule has 6 rings (SSSR count). The number of benzene rings is 3. The molecule has 0 saturated carbocycles. The van der Waals surface area contributed by atoms with Crippen molar-refractivity contribution in [3.8, 4) is 5.75 Å². The number of allylic oxidation sites excluding steroid dienone is 1. The molecular formula is C28H21FN2O2S.